The van der Waals surface area contributed by atoms with E-state index in [1.807, 2.05) is 0 Å². The third kappa shape index (κ3) is 5.28. The lowest BCUT2D eigenvalue weighted by molar-refractivity contribution is 0.237. The molecular weight excluding hydrogens is 328 g/mol. The molecular formula is C17H27BrN2O. The molecule has 1 saturated heterocycles. The van der Waals surface area contributed by atoms with Crippen molar-refractivity contribution in [3.05, 3.63) is 28.2 Å². The molecule has 4 heteroatoms. The van der Waals surface area contributed by atoms with E-state index in [2.05, 4.69) is 58.2 Å². The molecule has 118 valence electrons. The SMILES string of the molecule is CCCNC(C)c1ccc(OCCN2CCCC2)c(Br)c1. The standard InChI is InChI=1S/C17H27BrN2O/c1-3-8-19-14(2)15-6-7-17(16(18)13-15)21-12-11-20-9-4-5-10-20/h6-7,13-14,19H,3-5,8-12H2,1-2H3. The lowest BCUT2D eigenvalue weighted by Gasteiger charge is -2.17. The second-order valence-corrected chi connectivity index (χ2v) is 6.62. The number of nitrogens with zero attached hydrogens (tertiary/aromatic N) is 1. The summed E-state index contributed by atoms with van der Waals surface area (Å²) in [6.45, 7) is 9.68. The van der Waals surface area contributed by atoms with Crippen LogP contribution in [-0.4, -0.2) is 37.7 Å². The van der Waals surface area contributed by atoms with E-state index in [1.165, 1.54) is 31.5 Å². The lowest BCUT2D eigenvalue weighted by atomic mass is 10.1. The van der Waals surface area contributed by atoms with Crippen molar-refractivity contribution in [1.82, 2.24) is 10.2 Å². The normalized spacial score (nSPS) is 17.1. The smallest absolute Gasteiger partial charge is 0.133 e. The zero-order chi connectivity index (χ0) is 15.1. The third-order valence-corrected chi connectivity index (χ3v) is 4.64. The van der Waals surface area contributed by atoms with E-state index >= 15 is 0 Å². The van der Waals surface area contributed by atoms with Crippen molar-refractivity contribution in [2.75, 3.05) is 32.8 Å². The van der Waals surface area contributed by atoms with Crippen molar-refractivity contribution in [2.24, 2.45) is 0 Å². The van der Waals surface area contributed by atoms with E-state index < -0.39 is 0 Å². The molecule has 0 saturated carbocycles. The molecule has 0 aromatic heterocycles. The van der Waals surface area contributed by atoms with Crippen molar-refractivity contribution in [3.8, 4) is 5.75 Å². The van der Waals surface area contributed by atoms with Crippen LogP contribution in [-0.2, 0) is 0 Å². The zero-order valence-corrected chi connectivity index (χ0v) is 14.8. The maximum atomic E-state index is 5.91. The predicted molar refractivity (Wildman–Crippen MR) is 92.0 cm³/mol. The van der Waals surface area contributed by atoms with Crippen molar-refractivity contribution >= 4 is 15.9 Å². The average molecular weight is 355 g/mol. The fourth-order valence-electron chi connectivity index (χ4n) is 2.67. The molecule has 1 heterocycles. The van der Waals surface area contributed by atoms with Crippen LogP contribution in [0.1, 0.15) is 44.7 Å². The van der Waals surface area contributed by atoms with Gasteiger partial charge in [0.2, 0.25) is 0 Å². The summed E-state index contributed by atoms with van der Waals surface area (Å²) in [4.78, 5) is 2.47. The van der Waals surface area contributed by atoms with Crippen LogP contribution in [0.25, 0.3) is 0 Å². The second-order valence-electron chi connectivity index (χ2n) is 5.76. The van der Waals surface area contributed by atoms with Gasteiger partial charge in [-0.1, -0.05) is 13.0 Å². The third-order valence-electron chi connectivity index (χ3n) is 4.02. The maximum Gasteiger partial charge on any atom is 0.133 e. The van der Waals surface area contributed by atoms with E-state index in [1.54, 1.807) is 0 Å². The zero-order valence-electron chi connectivity index (χ0n) is 13.2. The first-order valence-corrected chi connectivity index (χ1v) is 8.88. The van der Waals surface area contributed by atoms with E-state index in [9.17, 15) is 0 Å². The number of ether oxygens (including phenoxy) is 1. The summed E-state index contributed by atoms with van der Waals surface area (Å²) in [5.74, 6) is 0.945. The van der Waals surface area contributed by atoms with Gasteiger partial charge in [0.1, 0.15) is 12.4 Å². The van der Waals surface area contributed by atoms with E-state index in [-0.39, 0.29) is 0 Å². The molecule has 2 rings (SSSR count). The van der Waals surface area contributed by atoms with E-state index in [0.717, 1.165) is 36.3 Å². The van der Waals surface area contributed by atoms with Crippen LogP contribution in [0.4, 0.5) is 0 Å². The van der Waals surface area contributed by atoms with Crippen LogP contribution in [0.15, 0.2) is 22.7 Å². The summed E-state index contributed by atoms with van der Waals surface area (Å²) in [7, 11) is 0. The molecule has 1 aliphatic heterocycles. The van der Waals surface area contributed by atoms with Crippen LogP contribution >= 0.6 is 15.9 Å². The quantitative estimate of drug-likeness (QED) is 0.763. The minimum atomic E-state index is 0.375. The van der Waals surface area contributed by atoms with Gasteiger partial charge in [0.05, 0.1) is 4.47 Å². The average Bonchev–Trinajstić information content (AvgIpc) is 2.99. The topological polar surface area (TPSA) is 24.5 Å². The monoisotopic (exact) mass is 354 g/mol. The Morgan fingerprint density at radius 2 is 2.10 bits per heavy atom. The summed E-state index contributed by atoms with van der Waals surface area (Å²) in [6, 6.07) is 6.77. The molecule has 1 aliphatic rings. The van der Waals surface area contributed by atoms with Crippen LogP contribution in [0, 0.1) is 0 Å². The van der Waals surface area contributed by atoms with Crippen LogP contribution in [0.2, 0.25) is 0 Å². The first kappa shape index (κ1) is 16.8. The lowest BCUT2D eigenvalue weighted by Crippen LogP contribution is -2.25. The highest BCUT2D eigenvalue weighted by atomic mass is 79.9. The maximum absolute atomic E-state index is 5.91. The van der Waals surface area contributed by atoms with Gasteiger partial charge >= 0.3 is 0 Å². The summed E-state index contributed by atoms with van der Waals surface area (Å²) < 4.78 is 6.95. The van der Waals surface area contributed by atoms with E-state index in [4.69, 9.17) is 4.74 Å². The molecule has 0 spiro atoms. The Labute approximate surface area is 137 Å². The Hall–Kier alpha value is -0.580. The van der Waals surface area contributed by atoms with Gasteiger partial charge in [-0.2, -0.15) is 0 Å². The fraction of sp³-hybridized carbons (Fsp3) is 0.647. The minimum Gasteiger partial charge on any atom is -0.491 e. The number of likely N-dealkylation sites (tertiary alicyclic amines) is 1. The van der Waals surface area contributed by atoms with Crippen LogP contribution in [0.3, 0.4) is 0 Å². The summed E-state index contributed by atoms with van der Waals surface area (Å²) in [5, 5.41) is 3.51. The fourth-order valence-corrected chi connectivity index (χ4v) is 3.18. The molecule has 1 fully saturated rings. The van der Waals surface area contributed by atoms with Crippen molar-refractivity contribution < 1.29 is 4.74 Å². The molecule has 1 aromatic rings. The molecule has 21 heavy (non-hydrogen) atoms. The molecule has 1 unspecified atom stereocenters. The Kier molecular flexibility index (Phi) is 7.00. The first-order valence-electron chi connectivity index (χ1n) is 8.08. The highest BCUT2D eigenvalue weighted by Gasteiger charge is 2.12. The molecule has 0 amide bonds. The molecule has 1 N–H and O–H groups in total. The number of nitrogens with one attached hydrogen (secondary N) is 1. The number of hydrogen-bond donors (Lipinski definition) is 1. The predicted octanol–water partition coefficient (Wildman–Crippen LogP) is 3.98. The number of benzene rings is 1. The van der Waals surface area contributed by atoms with Gasteiger partial charge in [-0.05, 0) is 79.4 Å². The van der Waals surface area contributed by atoms with Gasteiger partial charge < -0.3 is 10.1 Å². The van der Waals surface area contributed by atoms with Gasteiger partial charge in [0, 0.05) is 12.6 Å². The Balaban J connectivity index is 1.83. The second kappa shape index (κ2) is 8.76. The number of halogens is 1. The summed E-state index contributed by atoms with van der Waals surface area (Å²) >= 11 is 3.63. The van der Waals surface area contributed by atoms with Gasteiger partial charge in [0.25, 0.3) is 0 Å². The van der Waals surface area contributed by atoms with Crippen LogP contribution < -0.4 is 10.1 Å². The minimum absolute atomic E-state index is 0.375. The molecule has 1 aromatic carbocycles. The van der Waals surface area contributed by atoms with Gasteiger partial charge in [0.15, 0.2) is 0 Å². The highest BCUT2D eigenvalue weighted by molar-refractivity contribution is 9.10. The van der Waals surface area contributed by atoms with E-state index in [0.29, 0.717) is 6.04 Å². The first-order chi connectivity index (χ1) is 10.2. The van der Waals surface area contributed by atoms with Crippen molar-refractivity contribution in [3.63, 3.8) is 0 Å². The molecule has 0 radical (unpaired) electrons. The molecule has 1 atom stereocenters. The van der Waals surface area contributed by atoms with Gasteiger partial charge in [-0.3, -0.25) is 4.90 Å². The number of rotatable bonds is 8. The Morgan fingerprint density at radius 3 is 2.76 bits per heavy atom. The molecule has 0 bridgehead atoms. The Morgan fingerprint density at radius 1 is 1.33 bits per heavy atom. The van der Waals surface area contributed by atoms with Crippen molar-refractivity contribution in [2.45, 2.75) is 39.2 Å². The van der Waals surface area contributed by atoms with Crippen molar-refractivity contribution in [1.29, 1.82) is 0 Å². The summed E-state index contributed by atoms with van der Waals surface area (Å²) in [6.07, 6.45) is 3.82. The van der Waals surface area contributed by atoms with Gasteiger partial charge in [-0.15, -0.1) is 0 Å². The van der Waals surface area contributed by atoms with Gasteiger partial charge in [-0.25, -0.2) is 0 Å². The number of hydrogen-bond acceptors (Lipinski definition) is 3. The van der Waals surface area contributed by atoms with Crippen LogP contribution in [0.5, 0.6) is 5.75 Å². The molecule has 0 aliphatic carbocycles. The largest absolute Gasteiger partial charge is 0.491 e. The summed E-state index contributed by atoms with van der Waals surface area (Å²) in [5.41, 5.74) is 1.29. The molecule has 3 nitrogen and oxygen atoms in total. The highest BCUT2D eigenvalue weighted by Crippen LogP contribution is 2.28. The Bertz CT molecular complexity index is 433.